The van der Waals surface area contributed by atoms with Crippen LogP contribution in [0.2, 0.25) is 0 Å². The number of fused-ring (bicyclic) bond motifs is 1. The van der Waals surface area contributed by atoms with Crippen molar-refractivity contribution in [1.82, 2.24) is 25.0 Å². The molecule has 0 saturated heterocycles. The van der Waals surface area contributed by atoms with E-state index in [0.29, 0.717) is 10.7 Å². The van der Waals surface area contributed by atoms with Gasteiger partial charge < -0.3 is 0 Å². The van der Waals surface area contributed by atoms with Crippen LogP contribution in [0, 0.1) is 13.8 Å². The summed E-state index contributed by atoms with van der Waals surface area (Å²) < 4.78 is 1.90. The fourth-order valence-corrected chi connectivity index (χ4v) is 3.35. The molecule has 26 heavy (non-hydrogen) atoms. The molecule has 0 aromatic carbocycles. The molecule has 1 amide bonds. The molecule has 0 atom stereocenters. The molecule has 3 rings (SSSR count). The highest BCUT2D eigenvalue weighted by Crippen LogP contribution is 2.29. The topological polar surface area (TPSA) is 85.6 Å². The summed E-state index contributed by atoms with van der Waals surface area (Å²) in [6.07, 6.45) is 0. The number of hydrogen-bond acceptors (Lipinski definition) is 6. The number of carbonyl (C=O) groups is 1. The second-order valence-electron chi connectivity index (χ2n) is 7.70. The summed E-state index contributed by atoms with van der Waals surface area (Å²) in [4.78, 5) is 17.8. The van der Waals surface area contributed by atoms with Crippen molar-refractivity contribution in [3.63, 3.8) is 0 Å². The summed E-state index contributed by atoms with van der Waals surface area (Å²) in [6, 6.07) is 1.86. The second kappa shape index (κ2) is 6.42. The Kier molecular flexibility index (Phi) is 4.56. The standard InChI is InChI=1S/C18H24N6OS/c1-9(2)13-8-12(16(25)20-17-22-21-11(4)26-17)14-10(3)23-24(15(14)19-13)18(5,6)7/h8-9H,1-7H3,(H,20,22,25). The van der Waals surface area contributed by atoms with Crippen LogP contribution in [0.15, 0.2) is 6.07 Å². The van der Waals surface area contributed by atoms with Crippen molar-refractivity contribution in [3.8, 4) is 0 Å². The molecule has 138 valence electrons. The monoisotopic (exact) mass is 372 g/mol. The average Bonchev–Trinajstić information content (AvgIpc) is 3.09. The van der Waals surface area contributed by atoms with Gasteiger partial charge in [-0.2, -0.15) is 5.10 Å². The average molecular weight is 372 g/mol. The fourth-order valence-electron chi connectivity index (χ4n) is 2.76. The maximum absolute atomic E-state index is 13.0. The van der Waals surface area contributed by atoms with E-state index in [1.165, 1.54) is 11.3 Å². The van der Waals surface area contributed by atoms with Crippen LogP contribution in [0.1, 0.15) is 67.3 Å². The first kappa shape index (κ1) is 18.4. The highest BCUT2D eigenvalue weighted by atomic mass is 32.1. The molecule has 1 N–H and O–H groups in total. The maximum atomic E-state index is 13.0. The summed E-state index contributed by atoms with van der Waals surface area (Å²) in [5.74, 6) is -0.0228. The number of nitrogens with zero attached hydrogens (tertiary/aromatic N) is 5. The van der Waals surface area contributed by atoms with Crippen molar-refractivity contribution < 1.29 is 4.79 Å². The normalized spacial score (nSPS) is 12.2. The smallest absolute Gasteiger partial charge is 0.258 e. The number of aryl methyl sites for hydroxylation is 2. The Morgan fingerprint density at radius 2 is 1.92 bits per heavy atom. The zero-order chi connectivity index (χ0) is 19.2. The van der Waals surface area contributed by atoms with E-state index in [1.54, 1.807) is 0 Å². The Morgan fingerprint density at radius 3 is 2.46 bits per heavy atom. The van der Waals surface area contributed by atoms with Crippen molar-refractivity contribution in [3.05, 3.63) is 28.0 Å². The number of nitrogens with one attached hydrogen (secondary N) is 1. The third kappa shape index (κ3) is 3.33. The van der Waals surface area contributed by atoms with Gasteiger partial charge in [-0.05, 0) is 46.6 Å². The number of amides is 1. The summed E-state index contributed by atoms with van der Waals surface area (Å²) in [7, 11) is 0. The Morgan fingerprint density at radius 1 is 1.23 bits per heavy atom. The van der Waals surface area contributed by atoms with Gasteiger partial charge in [0.15, 0.2) is 5.65 Å². The van der Waals surface area contributed by atoms with Crippen molar-refractivity contribution in [2.45, 2.75) is 59.9 Å². The molecule has 0 fully saturated rings. The highest BCUT2D eigenvalue weighted by Gasteiger charge is 2.25. The molecule has 0 spiro atoms. The first-order chi connectivity index (χ1) is 12.1. The summed E-state index contributed by atoms with van der Waals surface area (Å²) in [6.45, 7) is 14.1. The van der Waals surface area contributed by atoms with Crippen LogP contribution in [0.25, 0.3) is 11.0 Å². The lowest BCUT2D eigenvalue weighted by Crippen LogP contribution is -2.24. The molecule has 0 unspecified atom stereocenters. The summed E-state index contributed by atoms with van der Waals surface area (Å²) in [5.41, 5.74) is 2.72. The molecule has 0 radical (unpaired) electrons. The Bertz CT molecular complexity index is 980. The van der Waals surface area contributed by atoms with Gasteiger partial charge in [0.25, 0.3) is 5.91 Å². The van der Waals surface area contributed by atoms with Gasteiger partial charge in [0.1, 0.15) is 5.01 Å². The predicted molar refractivity (Wildman–Crippen MR) is 104 cm³/mol. The molecule has 3 heterocycles. The van der Waals surface area contributed by atoms with Gasteiger partial charge in [-0.3, -0.25) is 10.1 Å². The molecule has 3 aromatic heterocycles. The van der Waals surface area contributed by atoms with E-state index in [9.17, 15) is 4.79 Å². The Balaban J connectivity index is 2.20. The number of anilines is 1. The number of rotatable bonds is 3. The van der Waals surface area contributed by atoms with Gasteiger partial charge in [0, 0.05) is 5.69 Å². The molecule has 0 aliphatic rings. The molecule has 7 nitrogen and oxygen atoms in total. The summed E-state index contributed by atoms with van der Waals surface area (Å²) >= 11 is 1.35. The van der Waals surface area contributed by atoms with Gasteiger partial charge in [-0.25, -0.2) is 9.67 Å². The first-order valence-electron chi connectivity index (χ1n) is 8.60. The minimum atomic E-state index is -0.237. The number of carbonyl (C=O) groups excluding carboxylic acids is 1. The van der Waals surface area contributed by atoms with E-state index in [2.05, 4.69) is 55.2 Å². The van der Waals surface area contributed by atoms with Crippen molar-refractivity contribution in [1.29, 1.82) is 0 Å². The molecular weight excluding hydrogens is 348 g/mol. The van der Waals surface area contributed by atoms with Crippen molar-refractivity contribution >= 4 is 33.4 Å². The van der Waals surface area contributed by atoms with E-state index < -0.39 is 0 Å². The SMILES string of the molecule is Cc1nnc(NC(=O)c2cc(C(C)C)nc3c2c(C)nn3C(C)(C)C)s1. The van der Waals surface area contributed by atoms with E-state index >= 15 is 0 Å². The lowest BCUT2D eigenvalue weighted by Gasteiger charge is -2.20. The number of hydrogen-bond donors (Lipinski definition) is 1. The van der Waals surface area contributed by atoms with Crippen LogP contribution in [-0.2, 0) is 5.54 Å². The molecular formula is C18H24N6OS. The van der Waals surface area contributed by atoms with Crippen LogP contribution in [0.5, 0.6) is 0 Å². The number of aromatic nitrogens is 5. The minimum Gasteiger partial charge on any atom is -0.296 e. The van der Waals surface area contributed by atoms with Crippen LogP contribution >= 0.6 is 11.3 Å². The largest absolute Gasteiger partial charge is 0.296 e. The van der Waals surface area contributed by atoms with E-state index in [0.717, 1.165) is 27.4 Å². The Hall–Kier alpha value is -2.35. The van der Waals surface area contributed by atoms with Crippen LogP contribution < -0.4 is 5.32 Å². The van der Waals surface area contributed by atoms with Gasteiger partial charge in [0.2, 0.25) is 5.13 Å². The third-order valence-corrected chi connectivity index (χ3v) is 4.80. The Labute approximate surface area is 156 Å². The fraction of sp³-hybridized carbons (Fsp3) is 0.500. The lowest BCUT2D eigenvalue weighted by molar-refractivity contribution is 0.102. The zero-order valence-corrected chi connectivity index (χ0v) is 17.0. The van der Waals surface area contributed by atoms with Gasteiger partial charge in [0.05, 0.1) is 22.2 Å². The molecule has 0 aliphatic carbocycles. The predicted octanol–water partition coefficient (Wildman–Crippen LogP) is 4.03. The molecule has 3 aromatic rings. The quantitative estimate of drug-likeness (QED) is 0.750. The first-order valence-corrected chi connectivity index (χ1v) is 9.41. The van der Waals surface area contributed by atoms with Gasteiger partial charge >= 0.3 is 0 Å². The van der Waals surface area contributed by atoms with Crippen LogP contribution in [0.3, 0.4) is 0 Å². The minimum absolute atomic E-state index is 0.193. The van der Waals surface area contributed by atoms with Crippen LogP contribution in [0.4, 0.5) is 5.13 Å². The molecule has 0 bridgehead atoms. The highest BCUT2D eigenvalue weighted by molar-refractivity contribution is 7.15. The van der Waals surface area contributed by atoms with Crippen LogP contribution in [-0.4, -0.2) is 30.9 Å². The second-order valence-corrected chi connectivity index (χ2v) is 8.88. The van der Waals surface area contributed by atoms with Gasteiger partial charge in [-0.15, -0.1) is 10.2 Å². The third-order valence-electron chi connectivity index (χ3n) is 4.05. The van der Waals surface area contributed by atoms with Gasteiger partial charge in [-0.1, -0.05) is 25.2 Å². The van der Waals surface area contributed by atoms with E-state index in [4.69, 9.17) is 4.98 Å². The molecule has 0 saturated carbocycles. The summed E-state index contributed by atoms with van der Waals surface area (Å²) in [5, 5.41) is 17.5. The molecule has 0 aliphatic heterocycles. The van der Waals surface area contributed by atoms with Crippen molar-refractivity contribution in [2.75, 3.05) is 5.32 Å². The lowest BCUT2D eigenvalue weighted by atomic mass is 10.0. The van der Waals surface area contributed by atoms with E-state index in [1.807, 2.05) is 24.6 Å². The van der Waals surface area contributed by atoms with Crippen molar-refractivity contribution in [2.24, 2.45) is 0 Å². The van der Waals surface area contributed by atoms with E-state index in [-0.39, 0.29) is 17.4 Å². The maximum Gasteiger partial charge on any atom is 0.258 e. The molecule has 8 heteroatoms. The number of pyridine rings is 1. The zero-order valence-electron chi connectivity index (χ0n) is 16.2.